The lowest BCUT2D eigenvalue weighted by Crippen LogP contribution is -3.61. The van der Waals surface area contributed by atoms with Crippen LogP contribution < -0.4 is 25.9 Å². The molecule has 146 valence electrons. The van der Waals surface area contributed by atoms with Gasteiger partial charge in [-0.15, -0.1) is 0 Å². The maximum atomic E-state index is 10.5. The van der Waals surface area contributed by atoms with Crippen LogP contribution in [0.4, 0.5) is 0 Å². The third-order valence-electron chi connectivity index (χ3n) is 3.50. The van der Waals surface area contributed by atoms with Gasteiger partial charge in [-0.3, -0.25) is 0 Å². The van der Waals surface area contributed by atoms with E-state index < -0.39 is 10.1 Å². The van der Waals surface area contributed by atoms with Crippen molar-refractivity contribution in [1.29, 1.82) is 0 Å². The molecule has 0 saturated heterocycles. The first-order chi connectivity index (χ1) is 13.4. The first kappa shape index (κ1) is 22.1. The zero-order chi connectivity index (χ0) is 20.4. The highest BCUT2D eigenvalue weighted by Gasteiger charge is 2.19. The van der Waals surface area contributed by atoms with Gasteiger partial charge in [0, 0.05) is 0 Å². The first-order valence-corrected chi connectivity index (χ1v) is 12.0. The SMILES string of the molecule is C=CCOc1ccccc1[I+]c1ccccc1.Cc1ccccc1S(=O)(=O)[O-]. The minimum absolute atomic E-state index is 0.139. The van der Waals surface area contributed by atoms with Crippen LogP contribution in [0.2, 0.25) is 0 Å². The van der Waals surface area contributed by atoms with E-state index in [-0.39, 0.29) is 26.1 Å². The summed E-state index contributed by atoms with van der Waals surface area (Å²) in [5.74, 6) is 0.990. The fourth-order valence-electron chi connectivity index (χ4n) is 2.22. The fraction of sp³-hybridized carbons (Fsp3) is 0.0909. The summed E-state index contributed by atoms with van der Waals surface area (Å²) in [6, 6.07) is 24.9. The molecule has 0 bridgehead atoms. The molecule has 3 aromatic rings. The van der Waals surface area contributed by atoms with Crippen LogP contribution in [0, 0.1) is 14.1 Å². The number of benzene rings is 3. The van der Waals surface area contributed by atoms with E-state index in [0.717, 1.165) is 5.75 Å². The van der Waals surface area contributed by atoms with Gasteiger partial charge in [-0.25, -0.2) is 8.42 Å². The van der Waals surface area contributed by atoms with E-state index in [1.807, 2.05) is 18.2 Å². The molecule has 0 fully saturated rings. The van der Waals surface area contributed by atoms with Crippen molar-refractivity contribution in [1.82, 2.24) is 0 Å². The lowest BCUT2D eigenvalue weighted by atomic mass is 10.2. The summed E-state index contributed by atoms with van der Waals surface area (Å²) in [4.78, 5) is -0.139. The Balaban J connectivity index is 0.000000221. The molecule has 6 heteroatoms. The largest absolute Gasteiger partial charge is 0.744 e. The van der Waals surface area contributed by atoms with Crippen LogP contribution in [0.15, 0.2) is 96.4 Å². The van der Waals surface area contributed by atoms with Crippen molar-refractivity contribution in [3.63, 3.8) is 0 Å². The molecular formula is C22H21IO4S. The predicted octanol–water partition coefficient (Wildman–Crippen LogP) is 1.28. The van der Waals surface area contributed by atoms with Crippen molar-refractivity contribution in [2.45, 2.75) is 11.8 Å². The van der Waals surface area contributed by atoms with Crippen molar-refractivity contribution >= 4 is 10.1 Å². The zero-order valence-electron chi connectivity index (χ0n) is 15.4. The third-order valence-corrected chi connectivity index (χ3v) is 7.31. The Hall–Kier alpha value is -2.16. The summed E-state index contributed by atoms with van der Waals surface area (Å²) in [6.07, 6.45) is 1.78. The lowest BCUT2D eigenvalue weighted by Gasteiger charge is -2.08. The quantitative estimate of drug-likeness (QED) is 0.286. The van der Waals surface area contributed by atoms with Crippen molar-refractivity contribution < 1.29 is 38.9 Å². The molecule has 3 rings (SSSR count). The van der Waals surface area contributed by atoms with Crippen molar-refractivity contribution in [2.75, 3.05) is 6.61 Å². The van der Waals surface area contributed by atoms with E-state index in [2.05, 4.69) is 43.0 Å². The number of hydrogen-bond donors (Lipinski definition) is 0. The number of hydrogen-bond acceptors (Lipinski definition) is 4. The van der Waals surface area contributed by atoms with Crippen LogP contribution >= 0.6 is 0 Å². The Kier molecular flexibility index (Phi) is 8.69. The molecule has 28 heavy (non-hydrogen) atoms. The summed E-state index contributed by atoms with van der Waals surface area (Å²) in [6.45, 7) is 5.83. The van der Waals surface area contributed by atoms with Gasteiger partial charge in [0.25, 0.3) is 0 Å². The van der Waals surface area contributed by atoms with Gasteiger partial charge in [0.05, 0.1) is 4.90 Å². The summed E-state index contributed by atoms with van der Waals surface area (Å²) in [7, 11) is -4.28. The van der Waals surface area contributed by atoms with Gasteiger partial charge in [-0.1, -0.05) is 61.2 Å². The predicted molar refractivity (Wildman–Crippen MR) is 105 cm³/mol. The average molecular weight is 508 g/mol. The van der Waals surface area contributed by atoms with Gasteiger partial charge in [0.2, 0.25) is 3.57 Å². The monoisotopic (exact) mass is 508 g/mol. The van der Waals surface area contributed by atoms with Crippen molar-refractivity contribution in [2.24, 2.45) is 0 Å². The number of ether oxygens (including phenoxy) is 1. The molecule has 4 nitrogen and oxygen atoms in total. The highest BCUT2D eigenvalue weighted by Crippen LogP contribution is 2.12. The van der Waals surface area contributed by atoms with E-state index in [0.29, 0.717) is 12.2 Å². The second-order valence-corrected chi connectivity index (χ2v) is 9.94. The molecule has 0 aromatic heterocycles. The topological polar surface area (TPSA) is 66.4 Å². The molecule has 0 aliphatic rings. The maximum Gasteiger partial charge on any atom is 0.362 e. The minimum atomic E-state index is -4.28. The molecule has 3 aromatic carbocycles. The molecule has 0 unspecified atom stereocenters. The number of para-hydroxylation sites is 1. The molecule has 0 amide bonds. The van der Waals surface area contributed by atoms with Gasteiger partial charge in [-0.2, -0.15) is 0 Å². The summed E-state index contributed by atoms with van der Waals surface area (Å²) in [5.41, 5.74) is 0.488. The molecule has 0 N–H and O–H groups in total. The van der Waals surface area contributed by atoms with E-state index in [1.54, 1.807) is 25.1 Å². The minimum Gasteiger partial charge on any atom is -0.744 e. The highest BCUT2D eigenvalue weighted by molar-refractivity contribution is 7.85. The van der Waals surface area contributed by atoms with Crippen LogP contribution in [-0.4, -0.2) is 19.6 Å². The number of halogens is 1. The van der Waals surface area contributed by atoms with Crippen LogP contribution in [0.3, 0.4) is 0 Å². The first-order valence-electron chi connectivity index (χ1n) is 8.46. The average Bonchev–Trinajstić information content (AvgIpc) is 2.68. The van der Waals surface area contributed by atoms with E-state index in [1.165, 1.54) is 19.3 Å². The summed E-state index contributed by atoms with van der Waals surface area (Å²) in [5, 5.41) is 0. The van der Waals surface area contributed by atoms with Gasteiger partial charge in [0.15, 0.2) is 9.32 Å². The van der Waals surface area contributed by atoms with Crippen LogP contribution in [0.5, 0.6) is 5.75 Å². The van der Waals surface area contributed by atoms with Gasteiger partial charge < -0.3 is 9.29 Å². The highest BCUT2D eigenvalue weighted by atomic mass is 127. The number of rotatable bonds is 6. The van der Waals surface area contributed by atoms with Gasteiger partial charge in [0.1, 0.15) is 16.7 Å². The zero-order valence-corrected chi connectivity index (χ0v) is 18.4. The molecule has 0 aliphatic heterocycles. The van der Waals surface area contributed by atoms with E-state index >= 15 is 0 Å². The van der Waals surface area contributed by atoms with Crippen LogP contribution in [0.25, 0.3) is 0 Å². The third kappa shape index (κ3) is 7.10. The van der Waals surface area contributed by atoms with Crippen molar-refractivity contribution in [3.8, 4) is 5.75 Å². The van der Waals surface area contributed by atoms with E-state index in [4.69, 9.17) is 4.74 Å². The molecule has 0 atom stereocenters. The smallest absolute Gasteiger partial charge is 0.362 e. The van der Waals surface area contributed by atoms with Crippen LogP contribution in [0.1, 0.15) is 5.56 Å². The van der Waals surface area contributed by atoms with Crippen molar-refractivity contribution in [3.05, 3.63) is 104 Å². The number of aryl methyl sites for hydroxylation is 1. The normalized spacial score (nSPS) is 10.5. The maximum absolute atomic E-state index is 10.5. The summed E-state index contributed by atoms with van der Waals surface area (Å²) < 4.78 is 39.9. The lowest BCUT2D eigenvalue weighted by molar-refractivity contribution is -0.598. The van der Waals surface area contributed by atoms with E-state index in [9.17, 15) is 13.0 Å². The molecule has 0 spiro atoms. The molecule has 0 aliphatic carbocycles. The Morgan fingerprint density at radius 1 is 0.964 bits per heavy atom. The fourth-order valence-corrected chi connectivity index (χ4v) is 5.36. The Labute approximate surface area is 176 Å². The van der Waals surface area contributed by atoms with Crippen LogP contribution in [-0.2, 0) is 10.1 Å². The molecule has 0 radical (unpaired) electrons. The Morgan fingerprint density at radius 2 is 1.57 bits per heavy atom. The molecule has 0 heterocycles. The Bertz CT molecular complexity index is 1000. The molecular weight excluding hydrogens is 487 g/mol. The standard InChI is InChI=1S/C15H14IO.C7H8O3S/c1-2-12-17-15-11-7-6-10-14(15)16-13-8-4-3-5-9-13;1-6-4-2-3-5-7(6)11(8,9)10/h2-11H,1,12H2;2-5H,1H3,(H,8,9,10)/q+1;/p-1. The molecule has 0 saturated carbocycles. The van der Waals surface area contributed by atoms with Gasteiger partial charge in [-0.05, 0) is 42.8 Å². The second kappa shape index (κ2) is 11.0. The Morgan fingerprint density at radius 3 is 2.18 bits per heavy atom. The van der Waals surface area contributed by atoms with Gasteiger partial charge >= 0.3 is 21.2 Å². The summed E-state index contributed by atoms with van der Waals surface area (Å²) >= 11 is -0.170. The second-order valence-electron chi connectivity index (χ2n) is 5.64.